The molecular weight excluding hydrogens is 351 g/mol. The molecule has 0 aliphatic carbocycles. The van der Waals surface area contributed by atoms with Gasteiger partial charge in [0.05, 0.1) is 10.6 Å². The first kappa shape index (κ1) is 14.3. The molecule has 1 aromatic carbocycles. The molecule has 98 valence electrons. The van der Waals surface area contributed by atoms with Crippen molar-refractivity contribution in [2.24, 2.45) is 0 Å². The quantitative estimate of drug-likeness (QED) is 0.843. The van der Waals surface area contributed by atoms with Crippen LogP contribution in [0.5, 0.6) is 0 Å². The summed E-state index contributed by atoms with van der Waals surface area (Å²) in [6.07, 6.45) is 1.61. The van der Waals surface area contributed by atoms with Crippen molar-refractivity contribution in [2.45, 2.75) is 6.92 Å². The number of halogens is 3. The number of amides is 1. The van der Waals surface area contributed by atoms with E-state index in [9.17, 15) is 4.79 Å². The number of carbonyl (C=O) groups is 1. The summed E-state index contributed by atoms with van der Waals surface area (Å²) in [5, 5.41) is 3.51. The molecule has 1 amide bonds. The van der Waals surface area contributed by atoms with Crippen LogP contribution in [-0.4, -0.2) is 10.9 Å². The summed E-state index contributed by atoms with van der Waals surface area (Å²) in [5.74, 6) is 0.148. The van der Waals surface area contributed by atoms with Crippen LogP contribution < -0.4 is 5.32 Å². The van der Waals surface area contributed by atoms with E-state index in [0.29, 0.717) is 21.4 Å². The molecule has 0 spiro atoms. The molecule has 19 heavy (non-hydrogen) atoms. The van der Waals surface area contributed by atoms with E-state index in [1.165, 1.54) is 6.07 Å². The zero-order chi connectivity index (χ0) is 14.0. The van der Waals surface area contributed by atoms with Crippen molar-refractivity contribution in [3.63, 3.8) is 0 Å². The fraction of sp³-hybridized carbons (Fsp3) is 0.0769. The zero-order valence-electron chi connectivity index (χ0n) is 9.88. The third kappa shape index (κ3) is 3.47. The number of anilines is 1. The second-order valence-electron chi connectivity index (χ2n) is 3.90. The van der Waals surface area contributed by atoms with Crippen molar-refractivity contribution in [1.29, 1.82) is 0 Å². The van der Waals surface area contributed by atoms with Gasteiger partial charge in [0.2, 0.25) is 0 Å². The highest BCUT2D eigenvalue weighted by Crippen LogP contribution is 2.23. The Balaban J connectivity index is 2.28. The van der Waals surface area contributed by atoms with E-state index in [1.807, 2.05) is 13.0 Å². The monoisotopic (exact) mass is 358 g/mol. The average molecular weight is 360 g/mol. The number of pyridine rings is 1. The van der Waals surface area contributed by atoms with Crippen LogP contribution in [0.15, 0.2) is 34.9 Å². The minimum absolute atomic E-state index is 0.318. The Kier molecular flexibility index (Phi) is 4.45. The number of rotatable bonds is 2. The number of benzene rings is 1. The maximum absolute atomic E-state index is 12.1. The first-order chi connectivity index (χ1) is 8.97. The highest BCUT2D eigenvalue weighted by Gasteiger charge is 2.13. The predicted molar refractivity (Wildman–Crippen MR) is 81.1 cm³/mol. The third-order valence-corrected chi connectivity index (χ3v) is 3.45. The summed E-state index contributed by atoms with van der Waals surface area (Å²) in [6, 6.07) is 6.60. The standard InChI is InChI=1S/C13H9BrCl2N2O/c1-7-4-8(14)6-17-12(7)18-13(19)10-5-9(15)2-3-11(10)16/h2-6H,1H3,(H,17,18,19). The van der Waals surface area contributed by atoms with Crippen LogP contribution in [0.2, 0.25) is 10.0 Å². The van der Waals surface area contributed by atoms with Gasteiger partial charge in [0.15, 0.2) is 0 Å². The Hall–Kier alpha value is -1.10. The maximum Gasteiger partial charge on any atom is 0.258 e. The molecule has 0 aliphatic heterocycles. The number of hydrogen-bond acceptors (Lipinski definition) is 2. The van der Waals surface area contributed by atoms with Crippen LogP contribution in [0.1, 0.15) is 15.9 Å². The molecule has 0 unspecified atom stereocenters. The lowest BCUT2D eigenvalue weighted by molar-refractivity contribution is 0.102. The second kappa shape index (κ2) is 5.90. The normalized spacial score (nSPS) is 10.3. The van der Waals surface area contributed by atoms with Crippen molar-refractivity contribution >= 4 is 50.9 Å². The number of carbonyl (C=O) groups excluding carboxylic acids is 1. The summed E-state index contributed by atoms with van der Waals surface area (Å²) < 4.78 is 0.851. The molecule has 0 radical (unpaired) electrons. The fourth-order valence-corrected chi connectivity index (χ4v) is 2.34. The van der Waals surface area contributed by atoms with Crippen molar-refractivity contribution in [2.75, 3.05) is 5.32 Å². The summed E-state index contributed by atoms with van der Waals surface area (Å²) in [4.78, 5) is 16.3. The molecular formula is C13H9BrCl2N2O. The fourth-order valence-electron chi connectivity index (χ4n) is 1.52. The molecule has 2 rings (SSSR count). The number of hydrogen-bond donors (Lipinski definition) is 1. The van der Waals surface area contributed by atoms with Gasteiger partial charge in [0.1, 0.15) is 5.82 Å². The lowest BCUT2D eigenvalue weighted by Crippen LogP contribution is -2.14. The van der Waals surface area contributed by atoms with Crippen molar-refractivity contribution in [3.8, 4) is 0 Å². The first-order valence-corrected chi connectivity index (χ1v) is 6.91. The maximum atomic E-state index is 12.1. The summed E-state index contributed by atoms with van der Waals surface area (Å²) >= 11 is 15.1. The zero-order valence-corrected chi connectivity index (χ0v) is 13.0. The van der Waals surface area contributed by atoms with E-state index >= 15 is 0 Å². The van der Waals surface area contributed by atoms with Gasteiger partial charge < -0.3 is 5.32 Å². The first-order valence-electron chi connectivity index (χ1n) is 5.36. The minimum atomic E-state index is -0.342. The van der Waals surface area contributed by atoms with Gasteiger partial charge in [-0.2, -0.15) is 0 Å². The molecule has 1 aromatic heterocycles. The summed E-state index contributed by atoms with van der Waals surface area (Å²) in [6.45, 7) is 1.85. The van der Waals surface area contributed by atoms with E-state index < -0.39 is 0 Å². The Morgan fingerprint density at radius 3 is 2.74 bits per heavy atom. The van der Waals surface area contributed by atoms with Crippen LogP contribution in [0, 0.1) is 6.92 Å². The van der Waals surface area contributed by atoms with Gasteiger partial charge in [-0.1, -0.05) is 23.2 Å². The van der Waals surface area contributed by atoms with Gasteiger partial charge in [-0.15, -0.1) is 0 Å². The smallest absolute Gasteiger partial charge is 0.258 e. The molecule has 0 aliphatic rings. The molecule has 6 heteroatoms. The average Bonchev–Trinajstić information content (AvgIpc) is 2.35. The van der Waals surface area contributed by atoms with Crippen molar-refractivity contribution in [1.82, 2.24) is 4.98 Å². The van der Waals surface area contributed by atoms with Crippen LogP contribution in [0.25, 0.3) is 0 Å². The van der Waals surface area contributed by atoms with Gasteiger partial charge in [0, 0.05) is 15.7 Å². The SMILES string of the molecule is Cc1cc(Br)cnc1NC(=O)c1cc(Cl)ccc1Cl. The topological polar surface area (TPSA) is 42.0 Å². The molecule has 1 heterocycles. The number of aryl methyl sites for hydroxylation is 1. The van der Waals surface area contributed by atoms with Crippen molar-refractivity contribution in [3.05, 3.63) is 56.1 Å². The number of aromatic nitrogens is 1. The van der Waals surface area contributed by atoms with E-state index in [2.05, 4.69) is 26.2 Å². The lowest BCUT2D eigenvalue weighted by Gasteiger charge is -2.09. The van der Waals surface area contributed by atoms with E-state index in [4.69, 9.17) is 23.2 Å². The van der Waals surface area contributed by atoms with Gasteiger partial charge in [0.25, 0.3) is 5.91 Å². The van der Waals surface area contributed by atoms with E-state index in [0.717, 1.165) is 10.0 Å². The molecule has 1 N–H and O–H groups in total. The van der Waals surface area contributed by atoms with Gasteiger partial charge >= 0.3 is 0 Å². The highest BCUT2D eigenvalue weighted by molar-refractivity contribution is 9.10. The van der Waals surface area contributed by atoms with Crippen LogP contribution in [-0.2, 0) is 0 Å². The van der Waals surface area contributed by atoms with Crippen LogP contribution >= 0.6 is 39.1 Å². The summed E-state index contributed by atoms with van der Waals surface area (Å²) in [7, 11) is 0. The molecule has 0 bridgehead atoms. The Morgan fingerprint density at radius 2 is 2.05 bits per heavy atom. The Morgan fingerprint density at radius 1 is 1.32 bits per heavy atom. The Labute approximate surface area is 129 Å². The molecule has 0 saturated carbocycles. The van der Waals surface area contributed by atoms with E-state index in [-0.39, 0.29) is 5.91 Å². The highest BCUT2D eigenvalue weighted by atomic mass is 79.9. The van der Waals surface area contributed by atoms with Crippen LogP contribution in [0.3, 0.4) is 0 Å². The summed E-state index contributed by atoms with van der Waals surface area (Å²) in [5.41, 5.74) is 1.17. The number of nitrogens with zero attached hydrogens (tertiary/aromatic N) is 1. The van der Waals surface area contributed by atoms with Gasteiger partial charge in [-0.25, -0.2) is 4.98 Å². The van der Waals surface area contributed by atoms with Crippen molar-refractivity contribution < 1.29 is 4.79 Å². The Bertz CT molecular complexity index is 647. The molecule has 0 fully saturated rings. The molecule has 0 saturated heterocycles. The van der Waals surface area contributed by atoms with E-state index in [1.54, 1.807) is 18.3 Å². The predicted octanol–water partition coefficient (Wildman–Crippen LogP) is 4.71. The lowest BCUT2D eigenvalue weighted by atomic mass is 10.2. The number of nitrogens with one attached hydrogen (secondary N) is 1. The molecule has 0 atom stereocenters. The van der Waals surface area contributed by atoms with Crippen LogP contribution in [0.4, 0.5) is 5.82 Å². The van der Waals surface area contributed by atoms with Gasteiger partial charge in [-0.3, -0.25) is 4.79 Å². The second-order valence-corrected chi connectivity index (χ2v) is 5.66. The third-order valence-electron chi connectivity index (χ3n) is 2.45. The molecule has 2 aromatic rings. The van der Waals surface area contributed by atoms with Gasteiger partial charge in [-0.05, 0) is 52.7 Å². The largest absolute Gasteiger partial charge is 0.306 e. The molecule has 3 nitrogen and oxygen atoms in total. The minimum Gasteiger partial charge on any atom is -0.306 e.